The molecular formula is C16H24ClN3. The third-order valence-electron chi connectivity index (χ3n) is 4.73. The first-order valence-corrected chi connectivity index (χ1v) is 8.33. The van der Waals surface area contributed by atoms with E-state index in [9.17, 15) is 0 Å². The van der Waals surface area contributed by atoms with E-state index in [1.54, 1.807) is 0 Å². The summed E-state index contributed by atoms with van der Waals surface area (Å²) in [4.78, 5) is 9.19. The van der Waals surface area contributed by atoms with Crippen molar-refractivity contribution in [2.24, 2.45) is 5.92 Å². The molecule has 110 valence electrons. The molecule has 2 saturated carbocycles. The van der Waals surface area contributed by atoms with Gasteiger partial charge in [0.15, 0.2) is 0 Å². The van der Waals surface area contributed by atoms with Crippen LogP contribution in [0.4, 0.5) is 5.82 Å². The number of halogens is 1. The Balaban J connectivity index is 1.81. The summed E-state index contributed by atoms with van der Waals surface area (Å²) >= 11 is 6.29. The second-order valence-electron chi connectivity index (χ2n) is 6.49. The van der Waals surface area contributed by atoms with E-state index in [1.165, 1.54) is 44.9 Å². The highest BCUT2D eigenvalue weighted by Crippen LogP contribution is 2.39. The lowest BCUT2D eigenvalue weighted by molar-refractivity contribution is 0.455. The average molecular weight is 294 g/mol. The van der Waals surface area contributed by atoms with Gasteiger partial charge >= 0.3 is 0 Å². The number of nitrogens with one attached hydrogen (secondary N) is 1. The molecule has 1 aromatic heterocycles. The maximum absolute atomic E-state index is 6.29. The van der Waals surface area contributed by atoms with E-state index < -0.39 is 0 Å². The smallest absolute Gasteiger partial charge is 0.137 e. The molecule has 0 aromatic carbocycles. The Bertz CT molecular complexity index is 485. The standard InChI is InChI=1S/C16H24ClN3/c1-10-6-4-3-5-7-13(10)18-15-11(2)14(17)19-16(20-15)12-8-9-12/h10,12-13H,3-9H2,1-2H3,(H,18,19,20). The predicted octanol–water partition coefficient (Wildman–Crippen LogP) is 4.70. The zero-order chi connectivity index (χ0) is 14.1. The molecule has 1 N–H and O–H groups in total. The van der Waals surface area contributed by atoms with Crippen LogP contribution >= 0.6 is 11.6 Å². The molecular weight excluding hydrogens is 270 g/mol. The summed E-state index contributed by atoms with van der Waals surface area (Å²) in [6.07, 6.45) is 8.99. The molecule has 2 fully saturated rings. The quantitative estimate of drug-likeness (QED) is 0.648. The maximum atomic E-state index is 6.29. The van der Waals surface area contributed by atoms with Crippen LogP contribution in [0.2, 0.25) is 5.15 Å². The Morgan fingerprint density at radius 1 is 1.05 bits per heavy atom. The minimum Gasteiger partial charge on any atom is -0.367 e. The maximum Gasteiger partial charge on any atom is 0.137 e. The van der Waals surface area contributed by atoms with Crippen LogP contribution in [0.25, 0.3) is 0 Å². The Kier molecular flexibility index (Phi) is 4.16. The number of hydrogen-bond acceptors (Lipinski definition) is 3. The largest absolute Gasteiger partial charge is 0.367 e. The van der Waals surface area contributed by atoms with Gasteiger partial charge in [0, 0.05) is 17.5 Å². The molecule has 0 bridgehead atoms. The van der Waals surface area contributed by atoms with Crippen LogP contribution in [0.15, 0.2) is 0 Å². The number of hydrogen-bond donors (Lipinski definition) is 1. The Hall–Kier alpha value is -0.830. The fourth-order valence-corrected chi connectivity index (χ4v) is 3.23. The van der Waals surface area contributed by atoms with Crippen molar-refractivity contribution in [3.05, 3.63) is 16.5 Å². The second kappa shape index (κ2) is 5.88. The molecule has 1 heterocycles. The molecule has 4 heteroatoms. The lowest BCUT2D eigenvalue weighted by atomic mass is 9.97. The molecule has 2 aliphatic carbocycles. The molecule has 3 rings (SSSR count). The molecule has 2 aliphatic rings. The van der Waals surface area contributed by atoms with E-state index in [0.717, 1.165) is 17.2 Å². The Morgan fingerprint density at radius 2 is 1.80 bits per heavy atom. The summed E-state index contributed by atoms with van der Waals surface area (Å²) in [6.45, 7) is 4.37. The fourth-order valence-electron chi connectivity index (χ4n) is 3.05. The third kappa shape index (κ3) is 3.08. The van der Waals surface area contributed by atoms with Crippen LogP contribution < -0.4 is 5.32 Å². The van der Waals surface area contributed by atoms with Gasteiger partial charge in [-0.15, -0.1) is 0 Å². The van der Waals surface area contributed by atoms with Gasteiger partial charge in [-0.1, -0.05) is 37.8 Å². The summed E-state index contributed by atoms with van der Waals surface area (Å²) in [6, 6.07) is 0.522. The highest BCUT2D eigenvalue weighted by Gasteiger charge is 2.29. The van der Waals surface area contributed by atoms with Crippen LogP contribution in [0.3, 0.4) is 0 Å². The predicted molar refractivity (Wildman–Crippen MR) is 83.4 cm³/mol. The van der Waals surface area contributed by atoms with Crippen molar-refractivity contribution in [3.8, 4) is 0 Å². The van der Waals surface area contributed by atoms with E-state index in [2.05, 4.69) is 17.2 Å². The third-order valence-corrected chi connectivity index (χ3v) is 5.10. The first-order chi connectivity index (χ1) is 9.65. The van der Waals surface area contributed by atoms with E-state index >= 15 is 0 Å². The van der Waals surface area contributed by atoms with E-state index in [0.29, 0.717) is 23.0 Å². The van der Waals surface area contributed by atoms with Gasteiger partial charge in [0.25, 0.3) is 0 Å². The van der Waals surface area contributed by atoms with E-state index in [-0.39, 0.29) is 0 Å². The normalized spacial score (nSPS) is 27.1. The van der Waals surface area contributed by atoms with Gasteiger partial charge in [-0.3, -0.25) is 0 Å². The zero-order valence-electron chi connectivity index (χ0n) is 12.5. The van der Waals surface area contributed by atoms with Crippen LogP contribution in [-0.4, -0.2) is 16.0 Å². The van der Waals surface area contributed by atoms with Crippen molar-refractivity contribution >= 4 is 17.4 Å². The minimum atomic E-state index is 0.522. The first-order valence-electron chi connectivity index (χ1n) is 7.95. The highest BCUT2D eigenvalue weighted by molar-refractivity contribution is 6.30. The van der Waals surface area contributed by atoms with Crippen molar-refractivity contribution in [1.82, 2.24) is 9.97 Å². The number of anilines is 1. The van der Waals surface area contributed by atoms with Gasteiger partial charge in [-0.05, 0) is 38.5 Å². The van der Waals surface area contributed by atoms with Gasteiger partial charge < -0.3 is 5.32 Å². The van der Waals surface area contributed by atoms with Gasteiger partial charge in [-0.2, -0.15) is 0 Å². The summed E-state index contributed by atoms with van der Waals surface area (Å²) in [7, 11) is 0. The number of aromatic nitrogens is 2. The minimum absolute atomic E-state index is 0.522. The lowest BCUT2D eigenvalue weighted by Gasteiger charge is -2.24. The van der Waals surface area contributed by atoms with Gasteiger partial charge in [-0.25, -0.2) is 9.97 Å². The average Bonchev–Trinajstić information content (AvgIpc) is 3.25. The van der Waals surface area contributed by atoms with Crippen LogP contribution in [0, 0.1) is 12.8 Å². The fraction of sp³-hybridized carbons (Fsp3) is 0.750. The van der Waals surface area contributed by atoms with Crippen molar-refractivity contribution in [3.63, 3.8) is 0 Å². The summed E-state index contributed by atoms with van der Waals surface area (Å²) in [5.41, 5.74) is 0.993. The lowest BCUT2D eigenvalue weighted by Crippen LogP contribution is -2.27. The molecule has 0 aliphatic heterocycles. The molecule has 1 aromatic rings. The molecule has 2 unspecified atom stereocenters. The Labute approximate surface area is 126 Å². The van der Waals surface area contributed by atoms with Crippen LogP contribution in [0.1, 0.15) is 69.2 Å². The second-order valence-corrected chi connectivity index (χ2v) is 6.84. The van der Waals surface area contributed by atoms with E-state index in [4.69, 9.17) is 16.6 Å². The van der Waals surface area contributed by atoms with Crippen LogP contribution in [-0.2, 0) is 0 Å². The summed E-state index contributed by atoms with van der Waals surface area (Å²) < 4.78 is 0. The molecule has 0 saturated heterocycles. The molecule has 0 spiro atoms. The van der Waals surface area contributed by atoms with Crippen LogP contribution in [0.5, 0.6) is 0 Å². The summed E-state index contributed by atoms with van der Waals surface area (Å²) in [5.74, 6) is 3.14. The first kappa shape index (κ1) is 14.1. The van der Waals surface area contributed by atoms with Gasteiger partial charge in [0.05, 0.1) is 0 Å². The topological polar surface area (TPSA) is 37.8 Å². The summed E-state index contributed by atoms with van der Waals surface area (Å²) in [5, 5.41) is 4.28. The number of nitrogens with zero attached hydrogens (tertiary/aromatic N) is 2. The Morgan fingerprint density at radius 3 is 2.55 bits per heavy atom. The molecule has 0 radical (unpaired) electrons. The van der Waals surface area contributed by atoms with E-state index in [1.807, 2.05) is 6.92 Å². The molecule has 20 heavy (non-hydrogen) atoms. The van der Waals surface area contributed by atoms with Crippen molar-refractivity contribution in [1.29, 1.82) is 0 Å². The van der Waals surface area contributed by atoms with Crippen molar-refractivity contribution in [2.45, 2.75) is 70.8 Å². The van der Waals surface area contributed by atoms with Gasteiger partial charge in [0.2, 0.25) is 0 Å². The van der Waals surface area contributed by atoms with Crippen molar-refractivity contribution in [2.75, 3.05) is 5.32 Å². The zero-order valence-corrected chi connectivity index (χ0v) is 13.2. The monoisotopic (exact) mass is 293 g/mol. The number of rotatable bonds is 3. The SMILES string of the molecule is Cc1c(Cl)nc(C2CC2)nc1NC1CCCCCC1C. The molecule has 3 nitrogen and oxygen atoms in total. The molecule has 0 amide bonds. The van der Waals surface area contributed by atoms with Crippen molar-refractivity contribution < 1.29 is 0 Å². The van der Waals surface area contributed by atoms with Gasteiger partial charge in [0.1, 0.15) is 16.8 Å². The highest BCUT2D eigenvalue weighted by atomic mass is 35.5. The molecule has 2 atom stereocenters.